The molecule has 2 aromatic rings. The van der Waals surface area contributed by atoms with Gasteiger partial charge in [-0.05, 0) is 36.1 Å². The fraction of sp³-hybridized carbons (Fsp3) is 0.480. The summed E-state index contributed by atoms with van der Waals surface area (Å²) >= 11 is 0. The molecule has 0 radical (unpaired) electrons. The van der Waals surface area contributed by atoms with Gasteiger partial charge in [0.05, 0.1) is 20.3 Å². The number of benzene rings is 2. The second kappa shape index (κ2) is 11.7. The fourth-order valence-corrected chi connectivity index (χ4v) is 3.98. The summed E-state index contributed by atoms with van der Waals surface area (Å²) < 4.78 is 10.8. The van der Waals surface area contributed by atoms with Crippen molar-refractivity contribution < 1.29 is 14.6 Å². The third-order valence-corrected chi connectivity index (χ3v) is 5.91. The van der Waals surface area contributed by atoms with E-state index in [9.17, 15) is 5.11 Å². The number of aliphatic hydroxyl groups is 1. The maximum atomic E-state index is 9.66. The second-order valence-corrected chi connectivity index (χ2v) is 8.26. The third kappa shape index (κ3) is 6.61. The van der Waals surface area contributed by atoms with E-state index in [1.165, 1.54) is 11.1 Å². The monoisotopic (exact) mass is 440 g/mol. The Labute approximate surface area is 191 Å². The van der Waals surface area contributed by atoms with E-state index < -0.39 is 0 Å². The highest BCUT2D eigenvalue weighted by Gasteiger charge is 2.17. The number of likely N-dealkylation sites (tertiary alicyclic amines) is 1. The molecule has 1 heterocycles. The predicted octanol–water partition coefficient (Wildman–Crippen LogP) is 2.87. The highest BCUT2D eigenvalue weighted by molar-refractivity contribution is 5.79. The van der Waals surface area contributed by atoms with Crippen molar-refractivity contribution >= 4 is 5.96 Å². The number of methoxy groups -OCH3 is 2. The molecule has 174 valence electrons. The average Bonchev–Trinajstić information content (AvgIpc) is 2.82. The molecule has 7 nitrogen and oxygen atoms in total. The lowest BCUT2D eigenvalue weighted by Gasteiger charge is -2.29. The SMILES string of the molecule is CN=C(NCc1ccc(CN2CCC(O)CC2)cc1)N(C)Cc1ccc(OC)cc1OC. The summed E-state index contributed by atoms with van der Waals surface area (Å²) in [5.74, 6) is 2.39. The average molecular weight is 441 g/mol. The first-order valence-electron chi connectivity index (χ1n) is 11.1. The van der Waals surface area contributed by atoms with Crippen LogP contribution in [0, 0.1) is 0 Å². The molecular formula is C25H36N4O3. The van der Waals surface area contributed by atoms with Gasteiger partial charge in [-0.25, -0.2) is 0 Å². The van der Waals surface area contributed by atoms with Gasteiger partial charge in [-0.2, -0.15) is 0 Å². The van der Waals surface area contributed by atoms with Gasteiger partial charge >= 0.3 is 0 Å². The van der Waals surface area contributed by atoms with Gasteiger partial charge in [0, 0.05) is 58.4 Å². The predicted molar refractivity (Wildman–Crippen MR) is 128 cm³/mol. The lowest BCUT2D eigenvalue weighted by Crippen LogP contribution is -2.38. The van der Waals surface area contributed by atoms with Crippen molar-refractivity contribution in [1.29, 1.82) is 0 Å². The van der Waals surface area contributed by atoms with Crippen LogP contribution in [0.1, 0.15) is 29.5 Å². The Morgan fingerprint density at radius 2 is 1.78 bits per heavy atom. The van der Waals surface area contributed by atoms with Crippen LogP contribution in [0.4, 0.5) is 0 Å². The molecule has 2 aromatic carbocycles. The van der Waals surface area contributed by atoms with Crippen LogP contribution in [0.5, 0.6) is 11.5 Å². The Kier molecular flexibility index (Phi) is 8.76. The third-order valence-electron chi connectivity index (χ3n) is 5.91. The van der Waals surface area contributed by atoms with E-state index in [2.05, 4.69) is 44.4 Å². The summed E-state index contributed by atoms with van der Waals surface area (Å²) in [4.78, 5) is 8.91. The van der Waals surface area contributed by atoms with E-state index >= 15 is 0 Å². The molecule has 0 saturated carbocycles. The smallest absolute Gasteiger partial charge is 0.193 e. The first-order valence-corrected chi connectivity index (χ1v) is 11.1. The molecular weight excluding hydrogens is 404 g/mol. The molecule has 0 aliphatic carbocycles. The van der Waals surface area contributed by atoms with Crippen LogP contribution in [-0.2, 0) is 19.6 Å². The molecule has 0 atom stereocenters. The minimum atomic E-state index is -0.127. The molecule has 0 spiro atoms. The van der Waals surface area contributed by atoms with Crippen LogP contribution in [-0.4, -0.2) is 68.4 Å². The van der Waals surface area contributed by atoms with Gasteiger partial charge < -0.3 is 24.8 Å². The number of piperidine rings is 1. The maximum absolute atomic E-state index is 9.66. The Morgan fingerprint density at radius 3 is 2.41 bits per heavy atom. The van der Waals surface area contributed by atoms with E-state index in [0.717, 1.165) is 55.5 Å². The van der Waals surface area contributed by atoms with Gasteiger partial charge in [-0.3, -0.25) is 9.89 Å². The Morgan fingerprint density at radius 1 is 1.09 bits per heavy atom. The number of nitrogens with one attached hydrogen (secondary N) is 1. The zero-order valence-electron chi connectivity index (χ0n) is 19.7. The molecule has 0 amide bonds. The molecule has 1 saturated heterocycles. The van der Waals surface area contributed by atoms with E-state index in [1.54, 1.807) is 21.3 Å². The normalized spacial score (nSPS) is 15.5. The summed E-state index contributed by atoms with van der Waals surface area (Å²) in [5, 5.41) is 13.1. The van der Waals surface area contributed by atoms with Crippen LogP contribution in [0.25, 0.3) is 0 Å². The molecule has 7 heteroatoms. The lowest BCUT2D eigenvalue weighted by atomic mass is 10.1. The molecule has 0 unspecified atom stereocenters. The molecule has 1 aliphatic rings. The fourth-order valence-electron chi connectivity index (χ4n) is 3.98. The lowest BCUT2D eigenvalue weighted by molar-refractivity contribution is 0.0792. The number of hydrogen-bond donors (Lipinski definition) is 2. The van der Waals surface area contributed by atoms with Crippen molar-refractivity contribution in [2.45, 2.75) is 38.6 Å². The second-order valence-electron chi connectivity index (χ2n) is 8.26. The molecule has 32 heavy (non-hydrogen) atoms. The van der Waals surface area contributed by atoms with Crippen molar-refractivity contribution in [1.82, 2.24) is 15.1 Å². The van der Waals surface area contributed by atoms with Crippen LogP contribution < -0.4 is 14.8 Å². The summed E-state index contributed by atoms with van der Waals surface area (Å²) in [6, 6.07) is 14.6. The van der Waals surface area contributed by atoms with Gasteiger partial charge in [-0.15, -0.1) is 0 Å². The van der Waals surface area contributed by atoms with Crippen LogP contribution >= 0.6 is 0 Å². The highest BCUT2D eigenvalue weighted by atomic mass is 16.5. The van der Waals surface area contributed by atoms with Crippen molar-refractivity contribution in [3.63, 3.8) is 0 Å². The number of aliphatic hydroxyl groups excluding tert-OH is 1. The van der Waals surface area contributed by atoms with Gasteiger partial charge in [0.2, 0.25) is 0 Å². The molecule has 0 aromatic heterocycles. The first-order chi connectivity index (χ1) is 15.5. The maximum Gasteiger partial charge on any atom is 0.193 e. The van der Waals surface area contributed by atoms with Crippen molar-refractivity contribution in [3.05, 3.63) is 59.2 Å². The van der Waals surface area contributed by atoms with Crippen LogP contribution in [0.15, 0.2) is 47.5 Å². The van der Waals surface area contributed by atoms with Crippen LogP contribution in [0.2, 0.25) is 0 Å². The van der Waals surface area contributed by atoms with Gasteiger partial charge in [0.15, 0.2) is 5.96 Å². The van der Waals surface area contributed by atoms with E-state index in [1.807, 2.05) is 25.2 Å². The number of ether oxygens (including phenoxy) is 2. The molecule has 0 bridgehead atoms. The molecule has 1 fully saturated rings. The number of guanidine groups is 1. The van der Waals surface area contributed by atoms with Gasteiger partial charge in [-0.1, -0.05) is 24.3 Å². The number of nitrogens with zero attached hydrogens (tertiary/aromatic N) is 3. The molecule has 3 rings (SSSR count). The summed E-state index contributed by atoms with van der Waals surface area (Å²) in [6.45, 7) is 4.23. The zero-order chi connectivity index (χ0) is 22.9. The van der Waals surface area contributed by atoms with Crippen molar-refractivity contribution in [2.75, 3.05) is 41.4 Å². The van der Waals surface area contributed by atoms with Crippen molar-refractivity contribution in [2.24, 2.45) is 4.99 Å². The summed E-state index contributed by atoms with van der Waals surface area (Å²) in [5.41, 5.74) is 3.57. The highest BCUT2D eigenvalue weighted by Crippen LogP contribution is 2.25. The number of aliphatic imine (C=N–C) groups is 1. The van der Waals surface area contributed by atoms with E-state index in [-0.39, 0.29) is 6.10 Å². The number of hydrogen-bond acceptors (Lipinski definition) is 5. The number of rotatable bonds is 8. The van der Waals surface area contributed by atoms with E-state index in [4.69, 9.17) is 9.47 Å². The van der Waals surface area contributed by atoms with Crippen molar-refractivity contribution in [3.8, 4) is 11.5 Å². The summed E-state index contributed by atoms with van der Waals surface area (Å²) in [7, 11) is 7.13. The van der Waals surface area contributed by atoms with Gasteiger partial charge in [0.25, 0.3) is 0 Å². The quantitative estimate of drug-likeness (QED) is 0.486. The van der Waals surface area contributed by atoms with Gasteiger partial charge in [0.1, 0.15) is 11.5 Å². The molecule has 1 aliphatic heterocycles. The Bertz CT molecular complexity index is 877. The Balaban J connectivity index is 1.52. The zero-order valence-corrected chi connectivity index (χ0v) is 19.7. The van der Waals surface area contributed by atoms with Crippen LogP contribution in [0.3, 0.4) is 0 Å². The topological polar surface area (TPSA) is 69.6 Å². The minimum Gasteiger partial charge on any atom is -0.497 e. The largest absolute Gasteiger partial charge is 0.497 e. The van der Waals surface area contributed by atoms with E-state index in [0.29, 0.717) is 13.1 Å². The Hall–Kier alpha value is -2.77. The first kappa shape index (κ1) is 23.9. The standard InChI is InChI=1S/C25H36N4O3/c1-26-25(28(2)18-21-9-10-23(31-3)15-24(21)32-4)27-16-19-5-7-20(8-6-19)17-29-13-11-22(30)12-14-29/h5-10,15,22,30H,11-14,16-18H2,1-4H3,(H,26,27). The minimum absolute atomic E-state index is 0.127. The molecule has 2 N–H and O–H groups in total. The summed E-state index contributed by atoms with van der Waals surface area (Å²) in [6.07, 6.45) is 1.62.